The molecule has 234 valence electrons. The quantitative estimate of drug-likeness (QED) is 0.0726. The highest BCUT2D eigenvalue weighted by molar-refractivity contribution is 5.76. The number of aliphatic hydroxyl groups is 2. The van der Waals surface area contributed by atoms with E-state index in [4.69, 9.17) is 0 Å². The standard InChI is InChI=1S/C35H71NO3/c1-3-5-7-9-11-13-15-17-19-20-22-24-26-28-30-34(38)33(32-37)36-35(39)31-29-27-25-23-21-18-16-14-12-10-8-6-4-2/h33-34,37-38H,3-32H2,1-2H3,(H,36,39)/t33-,34+/m0/s1. The molecule has 0 radical (unpaired) electrons. The van der Waals surface area contributed by atoms with Gasteiger partial charge in [-0.05, 0) is 12.8 Å². The summed E-state index contributed by atoms with van der Waals surface area (Å²) >= 11 is 0. The van der Waals surface area contributed by atoms with Crippen molar-refractivity contribution >= 4 is 5.91 Å². The molecule has 4 nitrogen and oxygen atoms in total. The monoisotopic (exact) mass is 554 g/mol. The van der Waals surface area contributed by atoms with Crippen molar-refractivity contribution in [3.8, 4) is 0 Å². The fourth-order valence-corrected chi connectivity index (χ4v) is 5.59. The number of carbonyl (C=O) groups excluding carboxylic acids is 1. The summed E-state index contributed by atoms with van der Waals surface area (Å²) in [6.07, 6.45) is 35.8. The average molecular weight is 554 g/mol. The number of amides is 1. The molecule has 39 heavy (non-hydrogen) atoms. The molecule has 0 aliphatic heterocycles. The third kappa shape index (κ3) is 28.7. The van der Waals surface area contributed by atoms with Crippen LogP contribution in [0.1, 0.15) is 200 Å². The maximum atomic E-state index is 12.3. The number of hydrogen-bond acceptors (Lipinski definition) is 3. The minimum atomic E-state index is -0.650. The summed E-state index contributed by atoms with van der Waals surface area (Å²) < 4.78 is 0. The molecule has 4 heteroatoms. The molecular formula is C35H71NO3. The topological polar surface area (TPSA) is 69.6 Å². The third-order valence-electron chi connectivity index (χ3n) is 8.37. The zero-order valence-electron chi connectivity index (χ0n) is 26.7. The van der Waals surface area contributed by atoms with Crippen LogP contribution in [0.3, 0.4) is 0 Å². The zero-order valence-corrected chi connectivity index (χ0v) is 26.7. The van der Waals surface area contributed by atoms with Gasteiger partial charge in [0.25, 0.3) is 0 Å². The van der Waals surface area contributed by atoms with E-state index in [1.165, 1.54) is 148 Å². The van der Waals surface area contributed by atoms with Gasteiger partial charge in [0.15, 0.2) is 0 Å². The normalized spacial score (nSPS) is 13.0. The Kier molecular flexibility index (Phi) is 31.4. The molecule has 0 fully saturated rings. The number of unbranched alkanes of at least 4 members (excludes halogenated alkanes) is 25. The summed E-state index contributed by atoms with van der Waals surface area (Å²) in [5.74, 6) is -0.0304. The Bertz CT molecular complexity index is 485. The van der Waals surface area contributed by atoms with Crippen molar-refractivity contribution in [2.45, 2.75) is 212 Å². The minimum absolute atomic E-state index is 0.0304. The van der Waals surface area contributed by atoms with E-state index in [2.05, 4.69) is 19.2 Å². The number of carbonyl (C=O) groups is 1. The number of rotatable bonds is 32. The van der Waals surface area contributed by atoms with E-state index in [9.17, 15) is 15.0 Å². The Labute approximate surface area is 244 Å². The molecule has 0 saturated carbocycles. The lowest BCUT2D eigenvalue weighted by molar-refractivity contribution is -0.123. The lowest BCUT2D eigenvalue weighted by atomic mass is 10.0. The van der Waals surface area contributed by atoms with Gasteiger partial charge < -0.3 is 15.5 Å². The Morgan fingerprint density at radius 3 is 1.15 bits per heavy atom. The highest BCUT2D eigenvalue weighted by Crippen LogP contribution is 2.15. The summed E-state index contributed by atoms with van der Waals surface area (Å²) in [7, 11) is 0. The van der Waals surface area contributed by atoms with Gasteiger partial charge in [-0.25, -0.2) is 0 Å². The van der Waals surface area contributed by atoms with Crippen LogP contribution in [0.4, 0.5) is 0 Å². The highest BCUT2D eigenvalue weighted by Gasteiger charge is 2.19. The Morgan fingerprint density at radius 2 is 0.821 bits per heavy atom. The Balaban J connectivity index is 3.54. The maximum absolute atomic E-state index is 12.3. The summed E-state index contributed by atoms with van der Waals surface area (Å²) in [5, 5.41) is 23.0. The van der Waals surface area contributed by atoms with Crippen LogP contribution in [0.15, 0.2) is 0 Å². The predicted molar refractivity (Wildman–Crippen MR) is 170 cm³/mol. The van der Waals surface area contributed by atoms with Gasteiger partial charge in [0.1, 0.15) is 0 Å². The van der Waals surface area contributed by atoms with E-state index in [1.807, 2.05) is 0 Å². The van der Waals surface area contributed by atoms with Crippen LogP contribution in [-0.2, 0) is 4.79 Å². The molecular weight excluding hydrogens is 482 g/mol. The first kappa shape index (κ1) is 38.4. The fraction of sp³-hybridized carbons (Fsp3) is 0.971. The van der Waals surface area contributed by atoms with E-state index in [0.29, 0.717) is 12.8 Å². The molecule has 0 aliphatic carbocycles. The molecule has 1 amide bonds. The molecule has 0 aromatic heterocycles. The molecule has 0 aromatic rings. The van der Waals surface area contributed by atoms with Crippen molar-refractivity contribution in [1.29, 1.82) is 0 Å². The van der Waals surface area contributed by atoms with Gasteiger partial charge in [-0.3, -0.25) is 4.79 Å². The van der Waals surface area contributed by atoms with Gasteiger partial charge in [0.05, 0.1) is 18.8 Å². The minimum Gasteiger partial charge on any atom is -0.394 e. The Hall–Kier alpha value is -0.610. The molecule has 3 N–H and O–H groups in total. The van der Waals surface area contributed by atoms with Gasteiger partial charge in [0, 0.05) is 6.42 Å². The second-order valence-corrected chi connectivity index (χ2v) is 12.3. The molecule has 2 atom stereocenters. The number of aliphatic hydroxyl groups excluding tert-OH is 2. The van der Waals surface area contributed by atoms with Gasteiger partial charge in [-0.1, -0.05) is 181 Å². The van der Waals surface area contributed by atoms with E-state index in [0.717, 1.165) is 25.7 Å². The molecule has 0 unspecified atom stereocenters. The number of nitrogens with one attached hydrogen (secondary N) is 1. The number of hydrogen-bond donors (Lipinski definition) is 3. The smallest absolute Gasteiger partial charge is 0.220 e. The van der Waals surface area contributed by atoms with Crippen LogP contribution >= 0.6 is 0 Å². The lowest BCUT2D eigenvalue weighted by Crippen LogP contribution is -2.45. The molecule has 0 spiro atoms. The summed E-state index contributed by atoms with van der Waals surface area (Å²) in [5.41, 5.74) is 0. The summed E-state index contributed by atoms with van der Waals surface area (Å²) in [4.78, 5) is 12.3. The van der Waals surface area contributed by atoms with Gasteiger partial charge in [-0.15, -0.1) is 0 Å². The lowest BCUT2D eigenvalue weighted by Gasteiger charge is -2.22. The maximum Gasteiger partial charge on any atom is 0.220 e. The first-order chi connectivity index (χ1) is 19.2. The van der Waals surface area contributed by atoms with Crippen molar-refractivity contribution in [2.24, 2.45) is 0 Å². The van der Waals surface area contributed by atoms with Crippen LogP contribution in [-0.4, -0.2) is 34.9 Å². The van der Waals surface area contributed by atoms with E-state index >= 15 is 0 Å². The van der Waals surface area contributed by atoms with Crippen LogP contribution < -0.4 is 5.32 Å². The Morgan fingerprint density at radius 1 is 0.513 bits per heavy atom. The first-order valence-electron chi connectivity index (χ1n) is 17.7. The molecule has 0 aliphatic rings. The molecule has 0 heterocycles. The summed E-state index contributed by atoms with van der Waals surface area (Å²) in [6.45, 7) is 4.35. The van der Waals surface area contributed by atoms with Crippen LogP contribution in [0, 0.1) is 0 Å². The summed E-state index contributed by atoms with van der Waals surface area (Å²) in [6, 6.07) is -0.526. The van der Waals surface area contributed by atoms with Crippen LogP contribution in [0.2, 0.25) is 0 Å². The zero-order chi connectivity index (χ0) is 28.7. The fourth-order valence-electron chi connectivity index (χ4n) is 5.59. The van der Waals surface area contributed by atoms with Crippen molar-refractivity contribution in [2.75, 3.05) is 6.61 Å². The molecule has 0 saturated heterocycles. The highest BCUT2D eigenvalue weighted by atomic mass is 16.3. The van der Waals surface area contributed by atoms with Crippen molar-refractivity contribution in [1.82, 2.24) is 5.32 Å². The van der Waals surface area contributed by atoms with Crippen molar-refractivity contribution in [3.05, 3.63) is 0 Å². The third-order valence-corrected chi connectivity index (χ3v) is 8.37. The van der Waals surface area contributed by atoms with Crippen LogP contribution in [0.25, 0.3) is 0 Å². The molecule has 0 bridgehead atoms. The van der Waals surface area contributed by atoms with Crippen LogP contribution in [0.5, 0.6) is 0 Å². The molecule has 0 rings (SSSR count). The second kappa shape index (κ2) is 31.9. The first-order valence-corrected chi connectivity index (χ1v) is 17.7. The van der Waals surface area contributed by atoms with Gasteiger partial charge >= 0.3 is 0 Å². The van der Waals surface area contributed by atoms with Gasteiger partial charge in [-0.2, -0.15) is 0 Å². The van der Waals surface area contributed by atoms with E-state index in [1.54, 1.807) is 0 Å². The largest absolute Gasteiger partial charge is 0.394 e. The average Bonchev–Trinajstić information content (AvgIpc) is 2.94. The predicted octanol–water partition coefficient (Wildman–Crippen LogP) is 10.2. The van der Waals surface area contributed by atoms with Crippen molar-refractivity contribution in [3.63, 3.8) is 0 Å². The van der Waals surface area contributed by atoms with Crippen molar-refractivity contribution < 1.29 is 15.0 Å². The van der Waals surface area contributed by atoms with Gasteiger partial charge in [0.2, 0.25) is 5.91 Å². The van der Waals surface area contributed by atoms with E-state index in [-0.39, 0.29) is 12.5 Å². The second-order valence-electron chi connectivity index (χ2n) is 12.3. The SMILES string of the molecule is CCCCCCCCCCCCCCCC[C@@H](O)[C@H](CO)NC(=O)CCCCCCCCCCCCCCC. The molecule has 0 aromatic carbocycles. The van der Waals surface area contributed by atoms with E-state index < -0.39 is 12.1 Å².